The van der Waals surface area contributed by atoms with Crippen molar-refractivity contribution in [1.29, 1.82) is 0 Å². The van der Waals surface area contributed by atoms with E-state index < -0.39 is 5.97 Å². The number of carbonyl (C=O) groups is 1. The highest BCUT2D eigenvalue weighted by atomic mass is 35.5. The summed E-state index contributed by atoms with van der Waals surface area (Å²) in [5.74, 6) is 0.128. The number of hydrogen-bond donors (Lipinski definition) is 0. The van der Waals surface area contributed by atoms with Gasteiger partial charge in [0.25, 0.3) is 0 Å². The van der Waals surface area contributed by atoms with Gasteiger partial charge in [-0.15, -0.1) is 10.2 Å². The van der Waals surface area contributed by atoms with Gasteiger partial charge in [-0.25, -0.2) is 4.79 Å². The van der Waals surface area contributed by atoms with Crippen molar-refractivity contribution >= 4 is 23.3 Å². The van der Waals surface area contributed by atoms with Crippen molar-refractivity contribution in [1.82, 2.24) is 14.8 Å². The highest BCUT2D eigenvalue weighted by Crippen LogP contribution is 2.28. The topological polar surface area (TPSA) is 69.4 Å². The molecule has 0 amide bonds. The van der Waals surface area contributed by atoms with Crippen LogP contribution in [-0.2, 0) is 11.3 Å². The molecule has 4 rings (SSSR count). The second-order valence-corrected chi connectivity index (χ2v) is 5.90. The van der Waals surface area contributed by atoms with Crippen molar-refractivity contribution in [2.45, 2.75) is 6.54 Å². The van der Waals surface area contributed by atoms with Gasteiger partial charge in [0.1, 0.15) is 6.54 Å². The van der Waals surface area contributed by atoms with Crippen LogP contribution in [0.25, 0.3) is 5.69 Å². The van der Waals surface area contributed by atoms with Crippen LogP contribution in [0.5, 0.6) is 0 Å². The number of nitrogens with zero attached hydrogens (tertiary/aromatic N) is 4. The number of halogens is 1. The zero-order chi connectivity index (χ0) is 17.4. The van der Waals surface area contributed by atoms with Crippen molar-refractivity contribution in [3.63, 3.8) is 0 Å². The fourth-order valence-electron chi connectivity index (χ4n) is 2.87. The van der Waals surface area contributed by atoms with Gasteiger partial charge in [-0.2, -0.15) is 0 Å². The number of aliphatic imine (C=N–C) groups is 1. The summed E-state index contributed by atoms with van der Waals surface area (Å²) in [6, 6.07) is 15.2. The maximum absolute atomic E-state index is 12.1. The van der Waals surface area contributed by atoms with E-state index in [4.69, 9.17) is 21.3 Å². The summed E-state index contributed by atoms with van der Waals surface area (Å²) in [6.07, 6.45) is 0. The minimum absolute atomic E-state index is 0.116. The van der Waals surface area contributed by atoms with E-state index in [1.165, 1.54) is 7.11 Å². The van der Waals surface area contributed by atoms with Gasteiger partial charge in [0.15, 0.2) is 5.82 Å². The van der Waals surface area contributed by atoms with Gasteiger partial charge in [0, 0.05) is 16.1 Å². The molecule has 0 radical (unpaired) electrons. The van der Waals surface area contributed by atoms with Gasteiger partial charge >= 0.3 is 5.97 Å². The third kappa shape index (κ3) is 2.60. The molecular weight excluding hydrogens is 340 g/mol. The lowest BCUT2D eigenvalue weighted by Crippen LogP contribution is -2.14. The third-order valence-electron chi connectivity index (χ3n) is 3.98. The summed E-state index contributed by atoms with van der Waals surface area (Å²) in [7, 11) is 1.31. The predicted octanol–water partition coefficient (Wildman–Crippen LogP) is 3.06. The first-order valence-electron chi connectivity index (χ1n) is 7.62. The van der Waals surface area contributed by atoms with Crippen LogP contribution in [0.2, 0.25) is 5.02 Å². The summed E-state index contributed by atoms with van der Waals surface area (Å²) in [4.78, 5) is 16.8. The molecule has 1 aromatic heterocycles. The lowest BCUT2D eigenvalue weighted by atomic mass is 10.0. The van der Waals surface area contributed by atoms with Gasteiger partial charge in [-0.05, 0) is 18.2 Å². The first-order chi connectivity index (χ1) is 12.2. The van der Waals surface area contributed by atoms with E-state index >= 15 is 0 Å². The molecule has 25 heavy (non-hydrogen) atoms. The van der Waals surface area contributed by atoms with Gasteiger partial charge in [0.2, 0.25) is 5.82 Å². The van der Waals surface area contributed by atoms with Gasteiger partial charge in [0.05, 0.1) is 18.5 Å². The second-order valence-electron chi connectivity index (χ2n) is 5.46. The van der Waals surface area contributed by atoms with Crippen molar-refractivity contribution in [2.24, 2.45) is 4.99 Å². The number of rotatable bonds is 2. The molecule has 2 heterocycles. The van der Waals surface area contributed by atoms with E-state index in [9.17, 15) is 4.79 Å². The number of hydrogen-bond acceptors (Lipinski definition) is 5. The largest absolute Gasteiger partial charge is 0.463 e. The average Bonchev–Trinajstić information content (AvgIpc) is 2.99. The number of aromatic nitrogens is 3. The number of methoxy groups -OCH3 is 1. The maximum atomic E-state index is 12.1. The predicted molar refractivity (Wildman–Crippen MR) is 93.5 cm³/mol. The molecule has 0 saturated heterocycles. The first kappa shape index (κ1) is 15.5. The Morgan fingerprint density at radius 3 is 2.72 bits per heavy atom. The SMILES string of the molecule is COC(=O)c1nnc2n1-c1ccc(Cl)cc1C(c1ccccc1)=NC2. The minimum Gasteiger partial charge on any atom is -0.463 e. The molecule has 0 unspecified atom stereocenters. The molecule has 0 aliphatic carbocycles. The summed E-state index contributed by atoms with van der Waals surface area (Å²) < 4.78 is 6.50. The number of benzene rings is 2. The Hall–Kier alpha value is -2.99. The zero-order valence-corrected chi connectivity index (χ0v) is 14.1. The van der Waals surface area contributed by atoms with E-state index in [0.717, 1.165) is 22.5 Å². The molecule has 0 atom stereocenters. The zero-order valence-electron chi connectivity index (χ0n) is 13.3. The smallest absolute Gasteiger partial charge is 0.376 e. The van der Waals surface area contributed by atoms with E-state index in [1.54, 1.807) is 10.6 Å². The quantitative estimate of drug-likeness (QED) is 0.665. The maximum Gasteiger partial charge on any atom is 0.376 e. The number of fused-ring (bicyclic) bond motifs is 3. The van der Waals surface area contributed by atoms with Crippen LogP contribution in [-0.4, -0.2) is 33.6 Å². The molecular formula is C18H13ClN4O2. The molecule has 124 valence electrons. The Morgan fingerprint density at radius 2 is 1.96 bits per heavy atom. The van der Waals surface area contributed by atoms with Crippen molar-refractivity contribution < 1.29 is 9.53 Å². The highest BCUT2D eigenvalue weighted by Gasteiger charge is 2.26. The van der Waals surface area contributed by atoms with Crippen LogP contribution in [0.3, 0.4) is 0 Å². The molecule has 7 heteroatoms. The Labute approximate surface area is 148 Å². The molecule has 1 aliphatic heterocycles. The molecule has 0 bridgehead atoms. The van der Waals surface area contributed by atoms with Crippen LogP contribution >= 0.6 is 11.6 Å². The molecule has 1 aliphatic rings. The second kappa shape index (κ2) is 6.14. The molecule has 6 nitrogen and oxygen atoms in total. The highest BCUT2D eigenvalue weighted by molar-refractivity contribution is 6.31. The lowest BCUT2D eigenvalue weighted by Gasteiger charge is -2.13. The van der Waals surface area contributed by atoms with E-state index in [2.05, 4.69) is 10.2 Å². The van der Waals surface area contributed by atoms with E-state index in [1.807, 2.05) is 42.5 Å². The Kier molecular flexibility index (Phi) is 3.82. The van der Waals surface area contributed by atoms with Crippen molar-refractivity contribution in [2.75, 3.05) is 7.11 Å². The van der Waals surface area contributed by atoms with Gasteiger partial charge in [-0.1, -0.05) is 41.9 Å². The van der Waals surface area contributed by atoms with Crippen LogP contribution in [0.15, 0.2) is 53.5 Å². The van der Waals surface area contributed by atoms with E-state index in [0.29, 0.717) is 17.4 Å². The molecule has 0 N–H and O–H groups in total. The third-order valence-corrected chi connectivity index (χ3v) is 4.21. The standard InChI is InChI=1S/C18H13ClN4O2/c1-25-18(24)17-22-21-15-10-20-16(11-5-3-2-4-6-11)13-9-12(19)7-8-14(13)23(15)17/h2-9H,10H2,1H3. The van der Waals surface area contributed by atoms with Crippen LogP contribution in [0.4, 0.5) is 0 Å². The molecule has 3 aromatic rings. The Morgan fingerprint density at radius 1 is 1.16 bits per heavy atom. The normalized spacial score (nSPS) is 12.6. The lowest BCUT2D eigenvalue weighted by molar-refractivity contribution is 0.0584. The van der Waals surface area contributed by atoms with E-state index in [-0.39, 0.29) is 5.82 Å². The summed E-state index contributed by atoms with van der Waals surface area (Å²) in [5.41, 5.74) is 3.30. The molecule has 0 fully saturated rings. The number of esters is 1. The Balaban J connectivity index is 1.98. The summed E-state index contributed by atoms with van der Waals surface area (Å²) >= 11 is 6.23. The summed E-state index contributed by atoms with van der Waals surface area (Å²) in [5, 5.41) is 8.65. The minimum atomic E-state index is -0.553. The molecule has 2 aromatic carbocycles. The van der Waals surface area contributed by atoms with Gasteiger partial charge < -0.3 is 4.74 Å². The van der Waals surface area contributed by atoms with Crippen LogP contribution in [0.1, 0.15) is 27.6 Å². The number of ether oxygens (including phenoxy) is 1. The average molecular weight is 353 g/mol. The van der Waals surface area contributed by atoms with Gasteiger partial charge in [-0.3, -0.25) is 9.56 Å². The van der Waals surface area contributed by atoms with Crippen molar-refractivity contribution in [3.05, 3.63) is 76.3 Å². The molecule has 0 saturated carbocycles. The number of carbonyl (C=O) groups excluding carboxylic acids is 1. The monoisotopic (exact) mass is 352 g/mol. The fourth-order valence-corrected chi connectivity index (χ4v) is 3.04. The molecule has 0 spiro atoms. The summed E-state index contributed by atoms with van der Waals surface area (Å²) in [6.45, 7) is 0.292. The van der Waals surface area contributed by atoms with Crippen molar-refractivity contribution in [3.8, 4) is 5.69 Å². The van der Waals surface area contributed by atoms with Crippen LogP contribution in [0, 0.1) is 0 Å². The van der Waals surface area contributed by atoms with Crippen LogP contribution < -0.4 is 0 Å². The Bertz CT molecular complexity index is 996. The fraction of sp³-hybridized carbons (Fsp3) is 0.111. The first-order valence-corrected chi connectivity index (χ1v) is 7.99.